The van der Waals surface area contributed by atoms with Gasteiger partial charge in [-0.3, -0.25) is 9.69 Å². The smallest absolute Gasteiger partial charge is 0.262 e. The number of nitrogens with one attached hydrogen (secondary N) is 1. The van der Waals surface area contributed by atoms with E-state index in [2.05, 4.69) is 19.2 Å². The van der Waals surface area contributed by atoms with Crippen LogP contribution in [0.1, 0.15) is 35.9 Å². The Morgan fingerprint density at radius 3 is 2.27 bits per heavy atom. The zero-order chi connectivity index (χ0) is 21.1. The Balaban J connectivity index is 1.70. The van der Waals surface area contributed by atoms with Gasteiger partial charge >= 0.3 is 0 Å². The fourth-order valence-corrected chi connectivity index (χ4v) is 3.51. The third-order valence-corrected chi connectivity index (χ3v) is 5.06. The molecule has 0 bridgehead atoms. The van der Waals surface area contributed by atoms with E-state index in [0.29, 0.717) is 18.1 Å². The van der Waals surface area contributed by atoms with E-state index in [-0.39, 0.29) is 12.1 Å². The Labute approximate surface area is 177 Å². The summed E-state index contributed by atoms with van der Waals surface area (Å²) in [7, 11) is 1.63. The molecule has 0 aromatic heterocycles. The van der Waals surface area contributed by atoms with Crippen LogP contribution in [0.2, 0.25) is 0 Å². The van der Waals surface area contributed by atoms with Gasteiger partial charge in [0.15, 0.2) is 0 Å². The highest BCUT2D eigenvalue weighted by Gasteiger charge is 2.34. The van der Waals surface area contributed by atoms with Gasteiger partial charge in [-0.25, -0.2) is 0 Å². The number of nitrogens with zero attached hydrogens (tertiary/aromatic N) is 1. The van der Waals surface area contributed by atoms with Gasteiger partial charge in [-0.2, -0.15) is 0 Å². The summed E-state index contributed by atoms with van der Waals surface area (Å²) in [5.41, 5.74) is 3.26. The molecule has 3 aromatic carbocycles. The molecule has 1 unspecified atom stereocenters. The SMILES string of the molecule is COc1ccc(N2C(=O)c3ccccc3NC2c2ccc(OCC(C)C)cc2)cc1. The van der Waals surface area contributed by atoms with Crippen molar-refractivity contribution >= 4 is 17.3 Å². The normalized spacial score (nSPS) is 15.5. The van der Waals surface area contributed by atoms with Gasteiger partial charge in [0.2, 0.25) is 0 Å². The van der Waals surface area contributed by atoms with E-state index in [1.165, 1.54) is 0 Å². The first-order valence-electron chi connectivity index (χ1n) is 10.1. The number of ether oxygens (including phenoxy) is 2. The number of hydrogen-bond acceptors (Lipinski definition) is 4. The molecule has 0 fully saturated rings. The lowest BCUT2D eigenvalue weighted by molar-refractivity contribution is 0.0975. The molecule has 1 aliphatic heterocycles. The number of carbonyl (C=O) groups excluding carboxylic acids is 1. The van der Waals surface area contributed by atoms with E-state index in [4.69, 9.17) is 9.47 Å². The summed E-state index contributed by atoms with van der Waals surface area (Å²) in [6.07, 6.45) is -0.333. The first-order chi connectivity index (χ1) is 14.6. The summed E-state index contributed by atoms with van der Waals surface area (Å²) < 4.78 is 11.1. The van der Waals surface area contributed by atoms with Crippen LogP contribution in [0.4, 0.5) is 11.4 Å². The van der Waals surface area contributed by atoms with E-state index in [9.17, 15) is 4.79 Å². The lowest BCUT2D eigenvalue weighted by atomic mass is 10.0. The van der Waals surface area contributed by atoms with Crippen LogP contribution in [-0.2, 0) is 0 Å². The summed E-state index contributed by atoms with van der Waals surface area (Å²) in [5, 5.41) is 3.52. The second kappa shape index (κ2) is 8.49. The number of rotatable bonds is 6. The Kier molecular flexibility index (Phi) is 5.61. The quantitative estimate of drug-likeness (QED) is 0.591. The molecule has 0 radical (unpaired) electrons. The maximum atomic E-state index is 13.4. The van der Waals surface area contributed by atoms with Gasteiger partial charge in [0.05, 0.1) is 19.3 Å². The van der Waals surface area contributed by atoms with E-state index < -0.39 is 0 Å². The lowest BCUT2D eigenvalue weighted by Gasteiger charge is -2.38. The minimum absolute atomic E-state index is 0.0420. The fourth-order valence-electron chi connectivity index (χ4n) is 3.51. The van der Waals surface area contributed by atoms with Crippen LogP contribution in [0.5, 0.6) is 11.5 Å². The number of para-hydroxylation sites is 1. The number of hydrogen-bond donors (Lipinski definition) is 1. The van der Waals surface area contributed by atoms with Gasteiger partial charge in [0.25, 0.3) is 5.91 Å². The van der Waals surface area contributed by atoms with Gasteiger partial charge in [-0.05, 0) is 60.0 Å². The highest BCUT2D eigenvalue weighted by molar-refractivity contribution is 6.12. The summed E-state index contributed by atoms with van der Waals surface area (Å²) in [4.78, 5) is 15.2. The standard InChI is InChI=1S/C25H26N2O3/c1-17(2)16-30-21-12-8-18(9-13-21)24-26-23-7-5-4-6-22(23)25(28)27(24)19-10-14-20(29-3)15-11-19/h4-15,17,24,26H,16H2,1-3H3. The number of benzene rings is 3. The van der Waals surface area contributed by atoms with Gasteiger partial charge < -0.3 is 14.8 Å². The van der Waals surface area contributed by atoms with Crippen LogP contribution in [0, 0.1) is 5.92 Å². The maximum absolute atomic E-state index is 13.4. The molecule has 0 aliphatic carbocycles. The number of carbonyl (C=O) groups is 1. The van der Waals surface area contributed by atoms with Crippen molar-refractivity contribution in [2.75, 3.05) is 23.9 Å². The van der Waals surface area contributed by atoms with Crippen molar-refractivity contribution < 1.29 is 14.3 Å². The maximum Gasteiger partial charge on any atom is 0.262 e. The van der Waals surface area contributed by atoms with Crippen LogP contribution < -0.4 is 19.7 Å². The molecule has 5 heteroatoms. The van der Waals surface area contributed by atoms with Crippen molar-refractivity contribution in [1.29, 1.82) is 0 Å². The highest BCUT2D eigenvalue weighted by Crippen LogP contribution is 2.37. The zero-order valence-corrected chi connectivity index (χ0v) is 17.5. The highest BCUT2D eigenvalue weighted by atomic mass is 16.5. The van der Waals surface area contributed by atoms with Crippen molar-refractivity contribution in [3.05, 3.63) is 83.9 Å². The van der Waals surface area contributed by atoms with Crippen LogP contribution in [0.25, 0.3) is 0 Å². The fraction of sp³-hybridized carbons (Fsp3) is 0.240. The van der Waals surface area contributed by atoms with Gasteiger partial charge in [-0.1, -0.05) is 38.1 Å². The number of anilines is 2. The molecule has 0 spiro atoms. The second-order valence-corrected chi connectivity index (χ2v) is 7.74. The molecule has 1 N–H and O–H groups in total. The van der Waals surface area contributed by atoms with E-state index >= 15 is 0 Å². The Morgan fingerprint density at radius 1 is 0.933 bits per heavy atom. The summed E-state index contributed by atoms with van der Waals surface area (Å²) in [5.74, 6) is 2.00. The van der Waals surface area contributed by atoms with E-state index in [1.807, 2.05) is 72.8 Å². The molecule has 154 valence electrons. The Morgan fingerprint density at radius 2 is 1.60 bits per heavy atom. The third kappa shape index (κ3) is 3.96. The zero-order valence-electron chi connectivity index (χ0n) is 17.5. The van der Waals surface area contributed by atoms with Crippen molar-refractivity contribution in [3.63, 3.8) is 0 Å². The van der Waals surface area contributed by atoms with Gasteiger partial charge in [-0.15, -0.1) is 0 Å². The molecular weight excluding hydrogens is 376 g/mol. The van der Waals surface area contributed by atoms with E-state index in [1.54, 1.807) is 12.0 Å². The van der Waals surface area contributed by atoms with Crippen molar-refractivity contribution in [2.24, 2.45) is 5.92 Å². The molecule has 0 saturated carbocycles. The molecular formula is C25H26N2O3. The molecule has 0 saturated heterocycles. The van der Waals surface area contributed by atoms with Crippen LogP contribution in [-0.4, -0.2) is 19.6 Å². The molecule has 4 rings (SSSR count). The predicted octanol–water partition coefficient (Wildman–Crippen LogP) is 5.50. The first-order valence-corrected chi connectivity index (χ1v) is 10.1. The molecule has 1 atom stereocenters. The molecule has 5 nitrogen and oxygen atoms in total. The van der Waals surface area contributed by atoms with Gasteiger partial charge in [0, 0.05) is 11.4 Å². The average molecular weight is 402 g/mol. The monoisotopic (exact) mass is 402 g/mol. The van der Waals surface area contributed by atoms with E-state index in [0.717, 1.165) is 28.4 Å². The topological polar surface area (TPSA) is 50.8 Å². The summed E-state index contributed by atoms with van der Waals surface area (Å²) >= 11 is 0. The van der Waals surface area contributed by atoms with Crippen LogP contribution in [0.15, 0.2) is 72.8 Å². The van der Waals surface area contributed by atoms with Crippen molar-refractivity contribution in [3.8, 4) is 11.5 Å². The number of methoxy groups -OCH3 is 1. The molecule has 3 aromatic rings. The minimum atomic E-state index is -0.333. The second-order valence-electron chi connectivity index (χ2n) is 7.74. The summed E-state index contributed by atoms with van der Waals surface area (Å²) in [6, 6.07) is 23.0. The average Bonchev–Trinajstić information content (AvgIpc) is 2.78. The largest absolute Gasteiger partial charge is 0.497 e. The number of fused-ring (bicyclic) bond motifs is 1. The summed E-state index contributed by atoms with van der Waals surface area (Å²) in [6.45, 7) is 4.91. The van der Waals surface area contributed by atoms with Crippen molar-refractivity contribution in [2.45, 2.75) is 20.0 Å². The molecule has 1 heterocycles. The van der Waals surface area contributed by atoms with Crippen molar-refractivity contribution in [1.82, 2.24) is 0 Å². The van der Waals surface area contributed by atoms with Crippen LogP contribution >= 0.6 is 0 Å². The lowest BCUT2D eigenvalue weighted by Crippen LogP contribution is -2.43. The number of amides is 1. The van der Waals surface area contributed by atoms with Gasteiger partial charge in [0.1, 0.15) is 17.7 Å². The Hall–Kier alpha value is -3.47. The molecule has 30 heavy (non-hydrogen) atoms. The molecule has 1 amide bonds. The molecule has 1 aliphatic rings. The third-order valence-electron chi connectivity index (χ3n) is 5.06. The minimum Gasteiger partial charge on any atom is -0.497 e. The van der Waals surface area contributed by atoms with Crippen LogP contribution in [0.3, 0.4) is 0 Å². The predicted molar refractivity (Wildman–Crippen MR) is 119 cm³/mol. The Bertz CT molecular complexity index is 1010. The first kappa shape index (κ1) is 19.8.